The van der Waals surface area contributed by atoms with Crippen LogP contribution in [-0.4, -0.2) is 8.32 Å². The van der Waals surface area contributed by atoms with E-state index in [1.54, 1.807) is 0 Å². The van der Waals surface area contributed by atoms with Gasteiger partial charge in [-0.05, 0) is 28.6 Å². The van der Waals surface area contributed by atoms with Gasteiger partial charge in [0.2, 0.25) is 8.32 Å². The molecule has 0 spiro atoms. The molecule has 0 aliphatic rings. The molecule has 1 nitrogen and oxygen atoms in total. The lowest BCUT2D eigenvalue weighted by atomic mass is 10.1. The molecule has 0 heterocycles. The van der Waals surface area contributed by atoms with Crippen molar-refractivity contribution in [2.75, 3.05) is 0 Å². The Bertz CT molecular complexity index is 401. The molecule has 1 atom stereocenters. The lowest BCUT2D eigenvalue weighted by Gasteiger charge is -2.44. The summed E-state index contributed by atoms with van der Waals surface area (Å²) in [5.74, 6) is 0. The molecule has 118 valence electrons. The number of hydrogen-bond acceptors (Lipinski definition) is 1. The van der Waals surface area contributed by atoms with E-state index in [-0.39, 0.29) is 6.10 Å². The van der Waals surface area contributed by atoms with Crippen molar-refractivity contribution < 1.29 is 4.43 Å². The van der Waals surface area contributed by atoms with E-state index in [0.29, 0.717) is 16.6 Å². The van der Waals surface area contributed by atoms with Crippen LogP contribution in [0.15, 0.2) is 43.0 Å². The number of rotatable bonds is 8. The summed E-state index contributed by atoms with van der Waals surface area (Å²) in [6.45, 7) is 17.9. The van der Waals surface area contributed by atoms with Gasteiger partial charge in [0.05, 0.1) is 6.10 Å². The Labute approximate surface area is 132 Å². The first-order valence-electron chi connectivity index (χ1n) is 8.19. The molecule has 0 aliphatic heterocycles. The normalized spacial score (nSPS) is 14.0. The van der Waals surface area contributed by atoms with Crippen LogP contribution >= 0.6 is 0 Å². The second-order valence-electron chi connectivity index (χ2n) is 6.86. The standard InChI is InChI=1S/C19H32OSi/c1-8-12-19(18-13-10-9-11-14-18)20-21(15(2)3,16(4)5)17(6)7/h8-11,13-17,19H,1,12H2,2-7H3/t19-/m0/s1. The average molecular weight is 305 g/mol. The Morgan fingerprint density at radius 3 is 1.81 bits per heavy atom. The summed E-state index contributed by atoms with van der Waals surface area (Å²) in [6, 6.07) is 10.6. The zero-order valence-electron chi connectivity index (χ0n) is 14.6. The maximum absolute atomic E-state index is 6.92. The van der Waals surface area contributed by atoms with Gasteiger partial charge < -0.3 is 4.43 Å². The second kappa shape index (κ2) is 7.95. The fourth-order valence-electron chi connectivity index (χ4n) is 3.73. The first-order valence-corrected chi connectivity index (χ1v) is 10.3. The lowest BCUT2D eigenvalue weighted by Crippen LogP contribution is -2.48. The van der Waals surface area contributed by atoms with Crippen molar-refractivity contribution in [3.63, 3.8) is 0 Å². The van der Waals surface area contributed by atoms with E-state index in [2.05, 4.69) is 78.5 Å². The number of hydrogen-bond donors (Lipinski definition) is 0. The van der Waals surface area contributed by atoms with Crippen LogP contribution in [0.1, 0.15) is 59.6 Å². The van der Waals surface area contributed by atoms with E-state index in [1.807, 2.05) is 6.08 Å². The van der Waals surface area contributed by atoms with Crippen molar-refractivity contribution in [1.82, 2.24) is 0 Å². The third-order valence-corrected chi connectivity index (χ3v) is 10.7. The fraction of sp³-hybridized carbons (Fsp3) is 0.579. The molecule has 0 aliphatic carbocycles. The van der Waals surface area contributed by atoms with Gasteiger partial charge in [-0.3, -0.25) is 0 Å². The molecule has 0 saturated carbocycles. The van der Waals surface area contributed by atoms with Gasteiger partial charge in [-0.1, -0.05) is 78.0 Å². The first kappa shape index (κ1) is 18.2. The van der Waals surface area contributed by atoms with Crippen LogP contribution in [0.25, 0.3) is 0 Å². The van der Waals surface area contributed by atoms with E-state index in [4.69, 9.17) is 4.43 Å². The van der Waals surface area contributed by atoms with Gasteiger partial charge in [0, 0.05) is 0 Å². The molecule has 0 amide bonds. The van der Waals surface area contributed by atoms with Crippen molar-refractivity contribution in [3.05, 3.63) is 48.6 Å². The monoisotopic (exact) mass is 304 g/mol. The summed E-state index contributed by atoms with van der Waals surface area (Å²) >= 11 is 0. The Kier molecular flexibility index (Phi) is 6.89. The van der Waals surface area contributed by atoms with Gasteiger partial charge in [-0.25, -0.2) is 0 Å². The third-order valence-electron chi connectivity index (χ3n) is 4.61. The van der Waals surface area contributed by atoms with Crippen molar-refractivity contribution in [2.24, 2.45) is 0 Å². The highest BCUT2D eigenvalue weighted by Crippen LogP contribution is 2.45. The van der Waals surface area contributed by atoms with Crippen molar-refractivity contribution in [1.29, 1.82) is 0 Å². The molecule has 1 aromatic carbocycles. The molecule has 0 fully saturated rings. The fourth-order valence-corrected chi connectivity index (χ4v) is 9.27. The minimum Gasteiger partial charge on any atom is -0.409 e. The molecule has 0 aromatic heterocycles. The van der Waals surface area contributed by atoms with Crippen molar-refractivity contribution >= 4 is 8.32 Å². The molecule has 1 aromatic rings. The topological polar surface area (TPSA) is 9.23 Å². The average Bonchev–Trinajstić information content (AvgIpc) is 2.43. The molecular weight excluding hydrogens is 272 g/mol. The Balaban J connectivity index is 3.16. The van der Waals surface area contributed by atoms with Gasteiger partial charge in [0.15, 0.2) is 0 Å². The summed E-state index contributed by atoms with van der Waals surface area (Å²) in [5, 5.41) is 0. The summed E-state index contributed by atoms with van der Waals surface area (Å²) < 4.78 is 6.92. The maximum Gasteiger partial charge on any atom is 0.201 e. The highest BCUT2D eigenvalue weighted by molar-refractivity contribution is 6.77. The van der Waals surface area contributed by atoms with E-state index in [1.165, 1.54) is 5.56 Å². The minimum atomic E-state index is -1.86. The molecular formula is C19H32OSi. The van der Waals surface area contributed by atoms with Crippen LogP contribution in [-0.2, 0) is 4.43 Å². The van der Waals surface area contributed by atoms with Gasteiger partial charge in [0.1, 0.15) is 0 Å². The second-order valence-corrected chi connectivity index (χ2v) is 12.3. The molecule has 21 heavy (non-hydrogen) atoms. The third kappa shape index (κ3) is 4.07. The van der Waals surface area contributed by atoms with Crippen LogP contribution in [0.2, 0.25) is 16.6 Å². The van der Waals surface area contributed by atoms with E-state index < -0.39 is 8.32 Å². The summed E-state index contributed by atoms with van der Waals surface area (Å²) in [6.07, 6.45) is 3.01. The minimum absolute atomic E-state index is 0.141. The largest absolute Gasteiger partial charge is 0.409 e. The van der Waals surface area contributed by atoms with E-state index in [9.17, 15) is 0 Å². The highest BCUT2D eigenvalue weighted by atomic mass is 28.4. The molecule has 0 radical (unpaired) electrons. The zero-order chi connectivity index (χ0) is 16.0. The van der Waals surface area contributed by atoms with Gasteiger partial charge >= 0.3 is 0 Å². The highest BCUT2D eigenvalue weighted by Gasteiger charge is 2.46. The van der Waals surface area contributed by atoms with Gasteiger partial charge in [-0.2, -0.15) is 0 Å². The summed E-state index contributed by atoms with van der Waals surface area (Å²) in [5.41, 5.74) is 3.09. The molecule has 1 rings (SSSR count). The smallest absolute Gasteiger partial charge is 0.201 e. The van der Waals surface area contributed by atoms with Crippen LogP contribution in [0.5, 0.6) is 0 Å². The Morgan fingerprint density at radius 2 is 1.43 bits per heavy atom. The molecule has 2 heteroatoms. The Morgan fingerprint density at radius 1 is 0.952 bits per heavy atom. The maximum atomic E-state index is 6.92. The van der Waals surface area contributed by atoms with Crippen LogP contribution in [0, 0.1) is 0 Å². The van der Waals surface area contributed by atoms with Crippen molar-refractivity contribution in [2.45, 2.75) is 70.7 Å². The summed E-state index contributed by atoms with van der Waals surface area (Å²) in [7, 11) is -1.86. The van der Waals surface area contributed by atoms with Crippen molar-refractivity contribution in [3.8, 4) is 0 Å². The summed E-state index contributed by atoms with van der Waals surface area (Å²) in [4.78, 5) is 0. The van der Waals surface area contributed by atoms with Gasteiger partial charge in [0.25, 0.3) is 0 Å². The van der Waals surface area contributed by atoms with E-state index >= 15 is 0 Å². The molecule has 0 bridgehead atoms. The number of benzene rings is 1. The lowest BCUT2D eigenvalue weighted by molar-refractivity contribution is 0.179. The van der Waals surface area contributed by atoms with Crippen LogP contribution < -0.4 is 0 Å². The predicted molar refractivity (Wildman–Crippen MR) is 96.1 cm³/mol. The Hall–Kier alpha value is -0.863. The zero-order valence-corrected chi connectivity index (χ0v) is 15.6. The quantitative estimate of drug-likeness (QED) is 0.393. The van der Waals surface area contributed by atoms with Crippen LogP contribution in [0.4, 0.5) is 0 Å². The molecule has 0 N–H and O–H groups in total. The molecule has 0 unspecified atom stereocenters. The first-order chi connectivity index (χ1) is 9.86. The molecule has 0 saturated heterocycles. The van der Waals surface area contributed by atoms with Crippen LogP contribution in [0.3, 0.4) is 0 Å². The predicted octanol–water partition coefficient (Wildman–Crippen LogP) is 6.50. The van der Waals surface area contributed by atoms with Gasteiger partial charge in [-0.15, -0.1) is 6.58 Å². The SMILES string of the molecule is C=CC[C@H](O[Si](C(C)C)(C(C)C)C(C)C)c1ccccc1. The van der Waals surface area contributed by atoms with E-state index in [0.717, 1.165) is 6.42 Å².